The van der Waals surface area contributed by atoms with Crippen molar-refractivity contribution in [3.05, 3.63) is 176 Å². The molecule has 0 N–H and O–H groups in total. The van der Waals surface area contributed by atoms with Gasteiger partial charge in [-0.2, -0.15) is 0 Å². The van der Waals surface area contributed by atoms with E-state index in [2.05, 4.69) is 174 Å². The van der Waals surface area contributed by atoms with Crippen LogP contribution in [0.25, 0.3) is 92.7 Å². The van der Waals surface area contributed by atoms with Gasteiger partial charge < -0.3 is 4.57 Å². The molecule has 0 amide bonds. The highest BCUT2D eigenvalue weighted by Gasteiger charge is 2.24. The molecular formula is C46H29N3S. The Bertz CT molecular complexity index is 2740. The minimum atomic E-state index is 0.723. The summed E-state index contributed by atoms with van der Waals surface area (Å²) < 4.78 is 4.70. The Morgan fingerprint density at radius 2 is 0.920 bits per heavy atom. The smallest absolute Gasteiger partial charge is 0.160 e. The molecule has 0 spiro atoms. The fourth-order valence-corrected chi connectivity index (χ4v) is 8.52. The van der Waals surface area contributed by atoms with Gasteiger partial charge in [0.25, 0.3) is 0 Å². The van der Waals surface area contributed by atoms with Crippen LogP contribution in [0.15, 0.2) is 176 Å². The SMILES string of the molecule is c1ccc(-c2nc(-c3c(-c4ccccc4)cc(-n4c5ccccc5c5ccccc54)cc3-c3ccccc3)c3sc4ccccc4c3n2)cc1. The van der Waals surface area contributed by atoms with Crippen LogP contribution in [0.5, 0.6) is 0 Å². The monoisotopic (exact) mass is 655 g/mol. The molecule has 0 fully saturated rings. The molecule has 3 heterocycles. The number of fused-ring (bicyclic) bond motifs is 6. The largest absolute Gasteiger partial charge is 0.309 e. The van der Waals surface area contributed by atoms with Crippen molar-refractivity contribution in [2.75, 3.05) is 0 Å². The zero-order chi connectivity index (χ0) is 33.0. The maximum atomic E-state index is 5.49. The van der Waals surface area contributed by atoms with E-state index in [-0.39, 0.29) is 0 Å². The molecule has 4 heteroatoms. The highest BCUT2D eigenvalue weighted by molar-refractivity contribution is 7.26. The summed E-state index contributed by atoms with van der Waals surface area (Å²) in [6.07, 6.45) is 0. The second-order valence-corrected chi connectivity index (χ2v) is 13.6. The molecule has 0 bridgehead atoms. The van der Waals surface area contributed by atoms with Crippen LogP contribution < -0.4 is 0 Å². The van der Waals surface area contributed by atoms with Gasteiger partial charge in [0, 0.05) is 37.7 Å². The molecule has 3 aromatic heterocycles. The van der Waals surface area contributed by atoms with E-state index >= 15 is 0 Å². The number of hydrogen-bond acceptors (Lipinski definition) is 3. The van der Waals surface area contributed by atoms with Crippen molar-refractivity contribution in [1.82, 2.24) is 14.5 Å². The Kier molecular flexibility index (Phi) is 6.68. The van der Waals surface area contributed by atoms with Crippen LogP contribution in [0.4, 0.5) is 0 Å². The van der Waals surface area contributed by atoms with Crippen LogP contribution in [0, 0.1) is 0 Å². The molecule has 10 aromatic rings. The van der Waals surface area contributed by atoms with E-state index in [4.69, 9.17) is 9.97 Å². The quantitative estimate of drug-likeness (QED) is 0.185. The topological polar surface area (TPSA) is 30.7 Å². The molecule has 7 aromatic carbocycles. The lowest BCUT2D eigenvalue weighted by atomic mass is 9.88. The third-order valence-corrected chi connectivity index (χ3v) is 10.8. The van der Waals surface area contributed by atoms with Crippen molar-refractivity contribution >= 4 is 53.4 Å². The summed E-state index contributed by atoms with van der Waals surface area (Å²) in [5.74, 6) is 0.723. The van der Waals surface area contributed by atoms with E-state index in [1.807, 2.05) is 6.07 Å². The summed E-state index contributed by atoms with van der Waals surface area (Å²) in [5.41, 5.74) is 12.0. The number of nitrogens with zero attached hydrogens (tertiary/aromatic N) is 3. The van der Waals surface area contributed by atoms with E-state index in [0.29, 0.717) is 0 Å². The molecule has 0 aliphatic rings. The first-order valence-corrected chi connectivity index (χ1v) is 17.7. The van der Waals surface area contributed by atoms with Gasteiger partial charge >= 0.3 is 0 Å². The lowest BCUT2D eigenvalue weighted by Crippen LogP contribution is -2.01. The number of benzene rings is 7. The summed E-state index contributed by atoms with van der Waals surface area (Å²) in [6, 6.07) is 62.6. The Hall–Kier alpha value is -6.36. The minimum Gasteiger partial charge on any atom is -0.309 e. The van der Waals surface area contributed by atoms with Gasteiger partial charge in [-0.25, -0.2) is 9.97 Å². The number of rotatable bonds is 5. The highest BCUT2D eigenvalue weighted by atomic mass is 32.1. The second kappa shape index (κ2) is 11.7. The molecule has 3 nitrogen and oxygen atoms in total. The summed E-state index contributed by atoms with van der Waals surface area (Å²) in [6.45, 7) is 0. The Balaban J connectivity index is 1.38. The van der Waals surface area contributed by atoms with Crippen LogP contribution in [0.1, 0.15) is 0 Å². The van der Waals surface area contributed by atoms with Crippen molar-refractivity contribution in [3.8, 4) is 50.6 Å². The minimum absolute atomic E-state index is 0.723. The van der Waals surface area contributed by atoms with Crippen molar-refractivity contribution in [1.29, 1.82) is 0 Å². The normalized spacial score (nSPS) is 11.6. The van der Waals surface area contributed by atoms with E-state index in [1.54, 1.807) is 11.3 Å². The maximum absolute atomic E-state index is 5.49. The molecule has 0 unspecified atom stereocenters. The van der Waals surface area contributed by atoms with Crippen LogP contribution in [0.3, 0.4) is 0 Å². The Labute approximate surface area is 293 Å². The molecular weight excluding hydrogens is 627 g/mol. The molecule has 10 rings (SSSR count). The maximum Gasteiger partial charge on any atom is 0.160 e. The van der Waals surface area contributed by atoms with E-state index in [9.17, 15) is 0 Å². The summed E-state index contributed by atoms with van der Waals surface area (Å²) in [7, 11) is 0. The van der Waals surface area contributed by atoms with Gasteiger partial charge in [-0.05, 0) is 52.6 Å². The standard InChI is InChI=1S/C46H29N3S/c1-4-16-30(17-5-1)37-28-33(49-39-25-13-10-22-34(39)35-23-11-14-26-40(35)49)29-38(31-18-6-2-7-19-31)42(37)44-45-43(36-24-12-15-27-41(36)50-45)47-46(48-44)32-20-8-3-9-21-32/h1-29H. The predicted molar refractivity (Wildman–Crippen MR) is 211 cm³/mol. The van der Waals surface area contributed by atoms with Gasteiger partial charge in [0.2, 0.25) is 0 Å². The van der Waals surface area contributed by atoms with Crippen molar-refractivity contribution in [2.45, 2.75) is 0 Å². The average molecular weight is 656 g/mol. The molecule has 0 aliphatic heterocycles. The molecule has 0 atom stereocenters. The van der Waals surface area contributed by atoms with Crippen LogP contribution in [-0.2, 0) is 0 Å². The van der Waals surface area contributed by atoms with Crippen LogP contribution >= 0.6 is 11.3 Å². The average Bonchev–Trinajstić information content (AvgIpc) is 3.74. The summed E-state index contributed by atoms with van der Waals surface area (Å²) in [4.78, 5) is 10.7. The molecule has 0 saturated carbocycles. The molecule has 0 radical (unpaired) electrons. The van der Waals surface area contributed by atoms with Crippen molar-refractivity contribution in [2.24, 2.45) is 0 Å². The first-order valence-electron chi connectivity index (χ1n) is 16.8. The number of thiophene rings is 1. The third kappa shape index (κ3) is 4.57. The molecule has 0 aliphatic carbocycles. The summed E-state index contributed by atoms with van der Waals surface area (Å²) >= 11 is 1.77. The number of para-hydroxylation sites is 2. The zero-order valence-corrected chi connectivity index (χ0v) is 27.8. The van der Waals surface area contributed by atoms with Gasteiger partial charge in [-0.3, -0.25) is 0 Å². The Morgan fingerprint density at radius 1 is 0.440 bits per heavy atom. The molecule has 0 saturated heterocycles. The van der Waals surface area contributed by atoms with Crippen LogP contribution in [-0.4, -0.2) is 14.5 Å². The Morgan fingerprint density at radius 3 is 1.50 bits per heavy atom. The van der Waals surface area contributed by atoms with Gasteiger partial charge in [-0.1, -0.05) is 146 Å². The fraction of sp³-hybridized carbons (Fsp3) is 0. The fourth-order valence-electron chi connectivity index (χ4n) is 7.38. The zero-order valence-electron chi connectivity index (χ0n) is 27.0. The molecule has 234 valence electrons. The lowest BCUT2D eigenvalue weighted by molar-refractivity contribution is 1.18. The van der Waals surface area contributed by atoms with Crippen molar-refractivity contribution in [3.63, 3.8) is 0 Å². The third-order valence-electron chi connectivity index (χ3n) is 9.62. The van der Waals surface area contributed by atoms with Gasteiger partial charge in [0.05, 0.1) is 26.9 Å². The predicted octanol–water partition coefficient (Wildman–Crippen LogP) is 12.6. The highest BCUT2D eigenvalue weighted by Crippen LogP contribution is 2.47. The first kappa shape index (κ1) is 28.6. The lowest BCUT2D eigenvalue weighted by Gasteiger charge is -2.20. The van der Waals surface area contributed by atoms with Gasteiger partial charge in [0.1, 0.15) is 0 Å². The van der Waals surface area contributed by atoms with E-state index in [0.717, 1.165) is 66.2 Å². The van der Waals surface area contributed by atoms with E-state index < -0.39 is 0 Å². The summed E-state index contributed by atoms with van der Waals surface area (Å²) in [5, 5.41) is 3.63. The second-order valence-electron chi connectivity index (χ2n) is 12.6. The first-order chi connectivity index (χ1) is 24.8. The van der Waals surface area contributed by atoms with Crippen molar-refractivity contribution < 1.29 is 0 Å². The van der Waals surface area contributed by atoms with Gasteiger partial charge in [-0.15, -0.1) is 11.3 Å². The number of aromatic nitrogens is 3. The van der Waals surface area contributed by atoms with Crippen LogP contribution in [0.2, 0.25) is 0 Å². The number of hydrogen-bond donors (Lipinski definition) is 0. The van der Waals surface area contributed by atoms with E-state index in [1.165, 1.54) is 26.5 Å². The van der Waals surface area contributed by atoms with Gasteiger partial charge in [0.15, 0.2) is 5.82 Å². The molecule has 50 heavy (non-hydrogen) atoms.